The zero-order valence-electron chi connectivity index (χ0n) is 18.1. The minimum Gasteiger partial charge on any atom is -0.508 e. The molecule has 3 aliphatic rings. The van der Waals surface area contributed by atoms with Crippen LogP contribution in [0.1, 0.15) is 77.2 Å². The highest BCUT2D eigenvalue weighted by molar-refractivity contribution is 6.04. The number of dihydropyridines is 1. The Hall–Kier alpha value is -2.56. The van der Waals surface area contributed by atoms with E-state index in [1.807, 2.05) is 13.0 Å². The molecule has 0 saturated heterocycles. The van der Waals surface area contributed by atoms with Crippen molar-refractivity contribution in [1.29, 1.82) is 0 Å². The van der Waals surface area contributed by atoms with Crippen molar-refractivity contribution in [2.75, 3.05) is 0 Å². The highest BCUT2D eigenvalue weighted by Gasteiger charge is 2.43. The van der Waals surface area contributed by atoms with Gasteiger partial charge in [0.25, 0.3) is 0 Å². The molecule has 0 aromatic heterocycles. The molecule has 1 heterocycles. The molecule has 0 amide bonds. The minimum absolute atomic E-state index is 0.0533. The summed E-state index contributed by atoms with van der Waals surface area (Å²) in [5, 5.41) is 13.5. The summed E-state index contributed by atoms with van der Waals surface area (Å²) in [6.45, 7) is 6.06. The van der Waals surface area contributed by atoms with Crippen molar-refractivity contribution in [2.24, 2.45) is 5.41 Å². The van der Waals surface area contributed by atoms with Crippen molar-refractivity contribution in [3.63, 3.8) is 0 Å². The molecule has 30 heavy (non-hydrogen) atoms. The van der Waals surface area contributed by atoms with Crippen LogP contribution < -0.4 is 5.32 Å². The number of hydrogen-bond donors (Lipinski definition) is 2. The van der Waals surface area contributed by atoms with Gasteiger partial charge in [0, 0.05) is 29.3 Å². The molecule has 2 N–H and O–H groups in total. The first-order valence-corrected chi connectivity index (χ1v) is 11.0. The number of hydrogen-bond acceptors (Lipinski definition) is 5. The average Bonchev–Trinajstić information content (AvgIpc) is 2.66. The molecule has 1 fully saturated rings. The second-order valence-corrected chi connectivity index (χ2v) is 9.69. The first-order valence-electron chi connectivity index (χ1n) is 11.0. The maximum Gasteiger partial charge on any atom is 0.337 e. The van der Waals surface area contributed by atoms with E-state index in [0.29, 0.717) is 17.6 Å². The number of phenols is 1. The van der Waals surface area contributed by atoms with Crippen LogP contribution in [0.25, 0.3) is 0 Å². The van der Waals surface area contributed by atoms with Crippen molar-refractivity contribution in [2.45, 2.75) is 77.7 Å². The predicted molar refractivity (Wildman–Crippen MR) is 115 cm³/mol. The molecule has 1 aromatic rings. The molecule has 5 heteroatoms. The third-order valence-corrected chi connectivity index (χ3v) is 6.49. The summed E-state index contributed by atoms with van der Waals surface area (Å²) in [4.78, 5) is 26.6. The minimum atomic E-state index is -0.520. The van der Waals surface area contributed by atoms with Crippen LogP contribution in [-0.4, -0.2) is 23.0 Å². The summed E-state index contributed by atoms with van der Waals surface area (Å²) < 4.78 is 5.91. The van der Waals surface area contributed by atoms with E-state index in [4.69, 9.17) is 4.74 Å². The molecule has 4 rings (SSSR count). The molecule has 1 atom stereocenters. The number of phenolic OH excluding ortho intramolecular Hbond substituents is 1. The van der Waals surface area contributed by atoms with Gasteiger partial charge in [0.1, 0.15) is 11.9 Å². The van der Waals surface area contributed by atoms with Gasteiger partial charge in [-0.05, 0) is 62.1 Å². The number of benzene rings is 1. The van der Waals surface area contributed by atoms with Crippen LogP contribution in [0.5, 0.6) is 5.75 Å². The number of nitrogens with one attached hydrogen (secondary N) is 1. The second kappa shape index (κ2) is 7.93. The Balaban J connectivity index is 1.76. The molecule has 5 nitrogen and oxygen atoms in total. The smallest absolute Gasteiger partial charge is 0.337 e. The van der Waals surface area contributed by atoms with Gasteiger partial charge in [-0.25, -0.2) is 4.79 Å². The Morgan fingerprint density at radius 2 is 1.90 bits per heavy atom. The number of ether oxygens (including phenoxy) is 1. The van der Waals surface area contributed by atoms with E-state index >= 15 is 0 Å². The van der Waals surface area contributed by atoms with E-state index in [2.05, 4.69) is 19.2 Å². The second-order valence-electron chi connectivity index (χ2n) is 9.69. The largest absolute Gasteiger partial charge is 0.508 e. The van der Waals surface area contributed by atoms with Crippen LogP contribution in [0.3, 0.4) is 0 Å². The Kier molecular flexibility index (Phi) is 5.48. The van der Waals surface area contributed by atoms with Gasteiger partial charge in [-0.15, -0.1) is 0 Å². The zero-order chi connectivity index (χ0) is 21.5. The SMILES string of the molecule is CC1=C(C(=O)OC2CCCCC2)[C@H](c2cccc(O)c2)C2=C(CC(C)(C)CC2=O)N1. The molecule has 0 unspecified atom stereocenters. The first kappa shape index (κ1) is 20.7. The maximum absolute atomic E-state index is 13.3. The predicted octanol–water partition coefficient (Wildman–Crippen LogP) is 4.87. The topological polar surface area (TPSA) is 75.6 Å². The fraction of sp³-hybridized carbons (Fsp3) is 0.520. The number of carbonyl (C=O) groups is 2. The van der Waals surface area contributed by atoms with Crippen LogP contribution >= 0.6 is 0 Å². The Morgan fingerprint density at radius 1 is 1.17 bits per heavy atom. The molecule has 0 bridgehead atoms. The number of allylic oxidation sites excluding steroid dienone is 3. The van der Waals surface area contributed by atoms with Gasteiger partial charge in [0.2, 0.25) is 0 Å². The third kappa shape index (κ3) is 4.03. The standard InChI is InChI=1S/C25H31NO4/c1-15-21(24(29)30-18-10-5-4-6-11-18)22(16-8-7-9-17(27)12-16)23-19(26-15)13-25(2,3)14-20(23)28/h7-9,12,18,22,26-27H,4-6,10-11,13-14H2,1-3H3/t22-/m0/s1. The average molecular weight is 410 g/mol. The monoisotopic (exact) mass is 409 g/mol. The van der Waals surface area contributed by atoms with E-state index in [-0.39, 0.29) is 29.0 Å². The lowest BCUT2D eigenvalue weighted by molar-refractivity contribution is -0.146. The van der Waals surface area contributed by atoms with Crippen LogP contribution in [0, 0.1) is 5.41 Å². The van der Waals surface area contributed by atoms with Gasteiger partial charge in [-0.3, -0.25) is 4.79 Å². The van der Waals surface area contributed by atoms with E-state index in [1.54, 1.807) is 18.2 Å². The lowest BCUT2D eigenvalue weighted by Crippen LogP contribution is -2.39. The lowest BCUT2D eigenvalue weighted by atomic mass is 9.68. The molecule has 1 saturated carbocycles. The van der Waals surface area contributed by atoms with Crippen molar-refractivity contribution in [3.8, 4) is 5.75 Å². The number of Topliss-reactive ketones (excluding diaryl/α,β-unsaturated/α-hetero) is 1. The molecule has 1 aromatic carbocycles. The molecular weight excluding hydrogens is 378 g/mol. The van der Waals surface area contributed by atoms with Crippen LogP contribution in [0.2, 0.25) is 0 Å². The third-order valence-electron chi connectivity index (χ3n) is 6.49. The highest BCUT2D eigenvalue weighted by atomic mass is 16.5. The van der Waals surface area contributed by atoms with Crippen LogP contribution in [-0.2, 0) is 14.3 Å². The van der Waals surface area contributed by atoms with Crippen molar-refractivity contribution in [3.05, 3.63) is 52.4 Å². The Labute approximate surface area is 178 Å². The molecular formula is C25H31NO4. The number of aromatic hydroxyl groups is 1. The summed E-state index contributed by atoms with van der Waals surface area (Å²) in [5.74, 6) is -0.704. The van der Waals surface area contributed by atoms with Gasteiger partial charge in [0.05, 0.1) is 5.57 Å². The van der Waals surface area contributed by atoms with Crippen molar-refractivity contribution >= 4 is 11.8 Å². The zero-order valence-corrected chi connectivity index (χ0v) is 18.1. The van der Waals surface area contributed by atoms with E-state index in [1.165, 1.54) is 6.42 Å². The van der Waals surface area contributed by atoms with E-state index in [9.17, 15) is 14.7 Å². The summed E-state index contributed by atoms with van der Waals surface area (Å²) in [6.07, 6.45) is 6.24. The van der Waals surface area contributed by atoms with Gasteiger partial charge in [-0.2, -0.15) is 0 Å². The highest BCUT2D eigenvalue weighted by Crippen LogP contribution is 2.47. The van der Waals surface area contributed by atoms with Gasteiger partial charge in [-0.1, -0.05) is 32.4 Å². The fourth-order valence-electron chi connectivity index (χ4n) is 5.14. The van der Waals surface area contributed by atoms with E-state index < -0.39 is 5.92 Å². The summed E-state index contributed by atoms with van der Waals surface area (Å²) >= 11 is 0. The normalized spacial score (nSPS) is 24.4. The molecule has 1 aliphatic heterocycles. The van der Waals surface area contributed by atoms with Gasteiger partial charge in [0.15, 0.2) is 5.78 Å². The maximum atomic E-state index is 13.3. The van der Waals surface area contributed by atoms with Crippen LogP contribution in [0.15, 0.2) is 46.8 Å². The van der Waals surface area contributed by atoms with Gasteiger partial charge < -0.3 is 15.2 Å². The summed E-state index contributed by atoms with van der Waals surface area (Å²) in [6, 6.07) is 6.87. The molecule has 2 aliphatic carbocycles. The van der Waals surface area contributed by atoms with E-state index in [0.717, 1.165) is 49.1 Å². The fourth-order valence-corrected chi connectivity index (χ4v) is 5.14. The summed E-state index contributed by atoms with van der Waals surface area (Å²) in [7, 11) is 0. The van der Waals surface area contributed by atoms with Crippen LogP contribution in [0.4, 0.5) is 0 Å². The molecule has 0 radical (unpaired) electrons. The Morgan fingerprint density at radius 3 is 2.60 bits per heavy atom. The lowest BCUT2D eigenvalue weighted by Gasteiger charge is -2.39. The number of rotatable bonds is 3. The first-order chi connectivity index (χ1) is 14.2. The molecule has 0 spiro atoms. The van der Waals surface area contributed by atoms with Gasteiger partial charge >= 0.3 is 5.97 Å². The van der Waals surface area contributed by atoms with Crippen molar-refractivity contribution < 1.29 is 19.4 Å². The number of ketones is 1. The quantitative estimate of drug-likeness (QED) is 0.697. The summed E-state index contributed by atoms with van der Waals surface area (Å²) in [5.41, 5.74) is 3.35. The van der Waals surface area contributed by atoms with Crippen molar-refractivity contribution in [1.82, 2.24) is 5.32 Å². The Bertz CT molecular complexity index is 934. The number of esters is 1. The molecule has 160 valence electrons. The number of carbonyl (C=O) groups excluding carboxylic acids is 2.